The van der Waals surface area contributed by atoms with Crippen molar-refractivity contribution in [3.63, 3.8) is 0 Å². The number of morpholine rings is 1. The van der Waals surface area contributed by atoms with Gasteiger partial charge in [0.1, 0.15) is 0 Å². The molecule has 0 aliphatic carbocycles. The summed E-state index contributed by atoms with van der Waals surface area (Å²) in [5, 5.41) is 9.54. The number of likely N-dealkylation sites (N-methyl/N-ethyl adjacent to an activating group) is 1. The molecule has 2 saturated heterocycles. The monoisotopic (exact) mass is 298 g/mol. The van der Waals surface area contributed by atoms with Crippen molar-refractivity contribution in [2.75, 3.05) is 45.9 Å². The molecule has 122 valence electrons. The van der Waals surface area contributed by atoms with E-state index in [0.717, 1.165) is 71.6 Å². The van der Waals surface area contributed by atoms with Crippen molar-refractivity contribution >= 4 is 5.97 Å². The van der Waals surface area contributed by atoms with E-state index in [1.165, 1.54) is 0 Å². The highest BCUT2D eigenvalue weighted by molar-refractivity contribution is 5.74. The standard InChI is InChI=1S/C16H30N2O3/c1-3-5-16(15(19)20)6-8-18(9-7-16)13-14-12-17(4-2)10-11-21-14/h14H,3-13H2,1-2H3,(H,19,20). The van der Waals surface area contributed by atoms with Crippen LogP contribution in [0.15, 0.2) is 0 Å². The Morgan fingerprint density at radius 3 is 2.52 bits per heavy atom. The minimum Gasteiger partial charge on any atom is -0.481 e. The van der Waals surface area contributed by atoms with Crippen molar-refractivity contribution in [3.05, 3.63) is 0 Å². The highest BCUT2D eigenvalue weighted by Crippen LogP contribution is 2.36. The number of ether oxygens (including phenoxy) is 1. The van der Waals surface area contributed by atoms with Gasteiger partial charge in [-0.1, -0.05) is 20.3 Å². The molecule has 2 aliphatic rings. The Balaban J connectivity index is 1.82. The molecule has 0 radical (unpaired) electrons. The topological polar surface area (TPSA) is 53.0 Å². The molecule has 0 amide bonds. The fourth-order valence-electron chi connectivity index (χ4n) is 3.68. The lowest BCUT2D eigenvalue weighted by Gasteiger charge is -2.41. The maximum atomic E-state index is 11.6. The molecule has 5 nitrogen and oxygen atoms in total. The Morgan fingerprint density at radius 2 is 1.95 bits per heavy atom. The smallest absolute Gasteiger partial charge is 0.309 e. The molecule has 0 aromatic rings. The van der Waals surface area contributed by atoms with Gasteiger partial charge in [0.25, 0.3) is 0 Å². The summed E-state index contributed by atoms with van der Waals surface area (Å²) in [6.45, 7) is 10.9. The summed E-state index contributed by atoms with van der Waals surface area (Å²) in [6.07, 6.45) is 3.59. The van der Waals surface area contributed by atoms with Crippen LogP contribution in [0.25, 0.3) is 0 Å². The van der Waals surface area contributed by atoms with Crippen LogP contribution in [0.1, 0.15) is 39.5 Å². The summed E-state index contributed by atoms with van der Waals surface area (Å²) in [6, 6.07) is 0. The zero-order chi connectivity index (χ0) is 15.3. The van der Waals surface area contributed by atoms with Crippen LogP contribution in [0.5, 0.6) is 0 Å². The maximum absolute atomic E-state index is 11.6. The zero-order valence-electron chi connectivity index (χ0n) is 13.5. The summed E-state index contributed by atoms with van der Waals surface area (Å²) in [5.74, 6) is -0.602. The van der Waals surface area contributed by atoms with Crippen molar-refractivity contribution in [1.29, 1.82) is 0 Å². The van der Waals surface area contributed by atoms with E-state index in [-0.39, 0.29) is 6.10 Å². The highest BCUT2D eigenvalue weighted by atomic mass is 16.5. The Hall–Kier alpha value is -0.650. The van der Waals surface area contributed by atoms with Gasteiger partial charge in [0.2, 0.25) is 0 Å². The zero-order valence-corrected chi connectivity index (χ0v) is 13.5. The largest absolute Gasteiger partial charge is 0.481 e. The molecular weight excluding hydrogens is 268 g/mol. The lowest BCUT2D eigenvalue weighted by molar-refractivity contribution is -0.153. The van der Waals surface area contributed by atoms with Crippen molar-refractivity contribution < 1.29 is 14.6 Å². The van der Waals surface area contributed by atoms with Gasteiger partial charge in [-0.05, 0) is 38.9 Å². The first kappa shape index (κ1) is 16.7. The van der Waals surface area contributed by atoms with Gasteiger partial charge < -0.3 is 14.7 Å². The first-order chi connectivity index (χ1) is 10.1. The molecular formula is C16H30N2O3. The maximum Gasteiger partial charge on any atom is 0.309 e. The predicted octanol–water partition coefficient (Wildman–Crippen LogP) is 1.67. The molecule has 2 fully saturated rings. The van der Waals surface area contributed by atoms with Gasteiger partial charge in [-0.15, -0.1) is 0 Å². The Morgan fingerprint density at radius 1 is 1.24 bits per heavy atom. The van der Waals surface area contributed by atoms with Gasteiger partial charge in [-0.2, -0.15) is 0 Å². The Bertz CT molecular complexity index is 340. The van der Waals surface area contributed by atoms with Gasteiger partial charge in [0, 0.05) is 19.6 Å². The van der Waals surface area contributed by atoms with Crippen LogP contribution < -0.4 is 0 Å². The minimum absolute atomic E-state index is 0.280. The summed E-state index contributed by atoms with van der Waals surface area (Å²) < 4.78 is 5.86. The van der Waals surface area contributed by atoms with Crippen LogP contribution >= 0.6 is 0 Å². The van der Waals surface area contributed by atoms with E-state index in [4.69, 9.17) is 4.74 Å². The lowest BCUT2D eigenvalue weighted by Crippen LogP contribution is -2.51. The lowest BCUT2D eigenvalue weighted by atomic mass is 9.75. The molecule has 0 saturated carbocycles. The number of carboxylic acids is 1. The molecule has 0 aromatic heterocycles. The number of hydrogen-bond donors (Lipinski definition) is 1. The first-order valence-corrected chi connectivity index (χ1v) is 8.39. The number of carboxylic acid groups (broad SMARTS) is 1. The molecule has 0 aromatic carbocycles. The summed E-state index contributed by atoms with van der Waals surface area (Å²) in [5.41, 5.74) is -0.478. The van der Waals surface area contributed by atoms with E-state index >= 15 is 0 Å². The van der Waals surface area contributed by atoms with E-state index in [9.17, 15) is 9.90 Å². The molecule has 0 spiro atoms. The summed E-state index contributed by atoms with van der Waals surface area (Å²) in [7, 11) is 0. The molecule has 0 bridgehead atoms. The van der Waals surface area contributed by atoms with Crippen LogP contribution in [0.4, 0.5) is 0 Å². The van der Waals surface area contributed by atoms with Crippen LogP contribution in [0.3, 0.4) is 0 Å². The quantitative estimate of drug-likeness (QED) is 0.808. The van der Waals surface area contributed by atoms with E-state index in [1.807, 2.05) is 0 Å². The third-order valence-electron chi connectivity index (χ3n) is 5.13. The van der Waals surface area contributed by atoms with Crippen molar-refractivity contribution in [1.82, 2.24) is 9.80 Å². The summed E-state index contributed by atoms with van der Waals surface area (Å²) in [4.78, 5) is 16.4. The molecule has 21 heavy (non-hydrogen) atoms. The normalized spacial score (nSPS) is 27.6. The SMILES string of the molecule is CCCC1(C(=O)O)CCN(CC2CN(CC)CCO2)CC1. The molecule has 5 heteroatoms. The average molecular weight is 298 g/mol. The molecule has 2 rings (SSSR count). The number of rotatable bonds is 6. The van der Waals surface area contributed by atoms with E-state index in [0.29, 0.717) is 0 Å². The highest BCUT2D eigenvalue weighted by Gasteiger charge is 2.40. The van der Waals surface area contributed by atoms with Crippen LogP contribution in [0, 0.1) is 5.41 Å². The predicted molar refractivity (Wildman–Crippen MR) is 82.5 cm³/mol. The van der Waals surface area contributed by atoms with Gasteiger partial charge in [0.15, 0.2) is 0 Å². The van der Waals surface area contributed by atoms with Crippen LogP contribution in [-0.2, 0) is 9.53 Å². The number of likely N-dealkylation sites (tertiary alicyclic amines) is 1. The number of piperidine rings is 1. The second-order valence-electron chi connectivity index (χ2n) is 6.52. The number of hydrogen-bond acceptors (Lipinski definition) is 4. The van der Waals surface area contributed by atoms with Gasteiger partial charge >= 0.3 is 5.97 Å². The third-order valence-corrected chi connectivity index (χ3v) is 5.13. The second kappa shape index (κ2) is 7.56. The third kappa shape index (κ3) is 4.18. The molecule has 2 heterocycles. The minimum atomic E-state index is -0.602. The number of aliphatic carboxylic acids is 1. The van der Waals surface area contributed by atoms with E-state index in [2.05, 4.69) is 23.6 Å². The Labute approximate surface area is 128 Å². The molecule has 1 unspecified atom stereocenters. The Kier molecular flexibility index (Phi) is 6.02. The fourth-order valence-corrected chi connectivity index (χ4v) is 3.68. The van der Waals surface area contributed by atoms with Crippen LogP contribution in [-0.4, -0.2) is 72.9 Å². The van der Waals surface area contributed by atoms with Crippen LogP contribution in [0.2, 0.25) is 0 Å². The first-order valence-electron chi connectivity index (χ1n) is 8.39. The number of nitrogens with zero attached hydrogens (tertiary/aromatic N) is 2. The van der Waals surface area contributed by atoms with Crippen molar-refractivity contribution in [2.45, 2.75) is 45.6 Å². The van der Waals surface area contributed by atoms with Gasteiger partial charge in [0.05, 0.1) is 18.1 Å². The molecule has 2 aliphatic heterocycles. The second-order valence-corrected chi connectivity index (χ2v) is 6.52. The fraction of sp³-hybridized carbons (Fsp3) is 0.938. The van der Waals surface area contributed by atoms with Gasteiger partial charge in [-0.25, -0.2) is 0 Å². The average Bonchev–Trinajstić information content (AvgIpc) is 2.49. The van der Waals surface area contributed by atoms with Crippen molar-refractivity contribution in [3.8, 4) is 0 Å². The van der Waals surface area contributed by atoms with E-state index < -0.39 is 11.4 Å². The number of carbonyl (C=O) groups is 1. The molecule has 1 N–H and O–H groups in total. The summed E-state index contributed by atoms with van der Waals surface area (Å²) >= 11 is 0. The molecule has 1 atom stereocenters. The van der Waals surface area contributed by atoms with Gasteiger partial charge in [-0.3, -0.25) is 9.69 Å². The van der Waals surface area contributed by atoms with E-state index in [1.54, 1.807) is 0 Å². The van der Waals surface area contributed by atoms with Crippen molar-refractivity contribution in [2.24, 2.45) is 5.41 Å².